The molecule has 1 aliphatic carbocycles. The molecule has 98 valence electrons. The van der Waals surface area contributed by atoms with Crippen LogP contribution in [0.5, 0.6) is 0 Å². The van der Waals surface area contributed by atoms with Gasteiger partial charge in [-0.3, -0.25) is 9.59 Å². The van der Waals surface area contributed by atoms with Crippen molar-refractivity contribution < 1.29 is 4.79 Å². The Hall–Kier alpha value is -1.38. The Labute approximate surface area is 108 Å². The molecule has 2 rings (SSSR count). The molecule has 18 heavy (non-hydrogen) atoms. The summed E-state index contributed by atoms with van der Waals surface area (Å²) in [5.41, 5.74) is 1.39. The van der Waals surface area contributed by atoms with Crippen LogP contribution >= 0.6 is 0 Å². The molecule has 0 atom stereocenters. The second kappa shape index (κ2) is 6.53. The van der Waals surface area contributed by atoms with Gasteiger partial charge >= 0.3 is 0 Å². The van der Waals surface area contributed by atoms with Gasteiger partial charge in [0.2, 0.25) is 0 Å². The molecular weight excluding hydrogens is 226 g/mol. The number of ketones is 1. The van der Waals surface area contributed by atoms with Gasteiger partial charge in [0.05, 0.1) is 0 Å². The van der Waals surface area contributed by atoms with Crippen molar-refractivity contribution in [3.8, 4) is 0 Å². The van der Waals surface area contributed by atoms with Crippen LogP contribution in [0.4, 0.5) is 0 Å². The summed E-state index contributed by atoms with van der Waals surface area (Å²) in [6, 6.07) is 1.79. The fourth-order valence-electron chi connectivity index (χ4n) is 2.51. The van der Waals surface area contributed by atoms with Gasteiger partial charge in [-0.15, -0.1) is 0 Å². The van der Waals surface area contributed by atoms with Gasteiger partial charge in [0.1, 0.15) is 0 Å². The van der Waals surface area contributed by atoms with Crippen LogP contribution in [-0.4, -0.2) is 10.8 Å². The van der Waals surface area contributed by atoms with Crippen LogP contribution < -0.4 is 5.56 Å². The summed E-state index contributed by atoms with van der Waals surface area (Å²) in [5, 5.41) is 0. The maximum absolute atomic E-state index is 12.0. The maximum atomic E-state index is 12.0. The smallest absolute Gasteiger partial charge is 0.251 e. The normalized spacial score (nSPS) is 18.6. The molecule has 0 spiro atoms. The Kier molecular flexibility index (Phi) is 4.73. The molecule has 3 heteroatoms. The zero-order valence-corrected chi connectivity index (χ0v) is 10.8. The van der Waals surface area contributed by atoms with E-state index in [0.717, 1.165) is 31.2 Å². The lowest BCUT2D eigenvalue weighted by Gasteiger charge is -2.03. The molecule has 3 nitrogen and oxygen atoms in total. The van der Waals surface area contributed by atoms with Crippen LogP contribution in [0.15, 0.2) is 17.1 Å². The van der Waals surface area contributed by atoms with Gasteiger partial charge in [0.15, 0.2) is 5.78 Å². The molecule has 1 aliphatic rings. The highest BCUT2D eigenvalue weighted by atomic mass is 16.1. The zero-order valence-electron chi connectivity index (χ0n) is 10.8. The zero-order chi connectivity index (χ0) is 12.8. The van der Waals surface area contributed by atoms with Crippen molar-refractivity contribution in [2.24, 2.45) is 0 Å². The first-order valence-electron chi connectivity index (χ1n) is 7.02. The molecule has 0 saturated heterocycles. The second-order valence-electron chi connectivity index (χ2n) is 5.14. The molecule has 1 heterocycles. The number of aromatic nitrogens is 1. The predicted molar refractivity (Wildman–Crippen MR) is 72.0 cm³/mol. The maximum Gasteiger partial charge on any atom is 0.251 e. The summed E-state index contributed by atoms with van der Waals surface area (Å²) < 4.78 is 0. The molecule has 0 fully saturated rings. The van der Waals surface area contributed by atoms with Gasteiger partial charge in [-0.2, -0.15) is 0 Å². The van der Waals surface area contributed by atoms with Crippen LogP contribution in [0.1, 0.15) is 67.3 Å². The predicted octanol–water partition coefficient (Wildman–Crippen LogP) is 3.23. The minimum atomic E-state index is -0.0404. The summed E-state index contributed by atoms with van der Waals surface area (Å²) >= 11 is 0. The number of aryl methyl sites for hydroxylation is 1. The number of fused-ring (bicyclic) bond motifs is 2. The van der Waals surface area contributed by atoms with E-state index in [0.29, 0.717) is 12.0 Å². The largest absolute Gasteiger partial charge is 0.328 e. The van der Waals surface area contributed by atoms with Gasteiger partial charge in [-0.1, -0.05) is 32.1 Å². The number of nitrogens with one attached hydrogen (secondary N) is 1. The minimum absolute atomic E-state index is 0.0404. The summed E-state index contributed by atoms with van der Waals surface area (Å²) in [4.78, 5) is 26.3. The Morgan fingerprint density at radius 2 is 1.44 bits per heavy atom. The van der Waals surface area contributed by atoms with Crippen LogP contribution in [0, 0.1) is 0 Å². The Morgan fingerprint density at radius 3 is 2.17 bits per heavy atom. The fraction of sp³-hybridized carbons (Fsp3) is 0.600. The van der Waals surface area contributed by atoms with Crippen molar-refractivity contribution in [2.45, 2.75) is 57.8 Å². The molecule has 1 aromatic rings. The van der Waals surface area contributed by atoms with E-state index in [1.54, 1.807) is 12.3 Å². The fourth-order valence-corrected chi connectivity index (χ4v) is 2.51. The number of carbonyl (C=O) groups is 1. The van der Waals surface area contributed by atoms with Crippen LogP contribution in [-0.2, 0) is 6.42 Å². The van der Waals surface area contributed by atoms with E-state index in [2.05, 4.69) is 4.98 Å². The third-order valence-corrected chi connectivity index (χ3v) is 3.65. The number of aromatic amines is 1. The first kappa shape index (κ1) is 13.1. The van der Waals surface area contributed by atoms with Crippen LogP contribution in [0.2, 0.25) is 0 Å². The number of Topliss-reactive ketones (excluding diaryl/α,β-unsaturated/α-hetero) is 1. The van der Waals surface area contributed by atoms with Crippen molar-refractivity contribution in [1.82, 2.24) is 4.98 Å². The third-order valence-electron chi connectivity index (χ3n) is 3.65. The molecule has 0 amide bonds. The monoisotopic (exact) mass is 247 g/mol. The molecule has 0 radical (unpaired) electrons. The number of rotatable bonds is 0. The van der Waals surface area contributed by atoms with E-state index in [4.69, 9.17) is 0 Å². The lowest BCUT2D eigenvalue weighted by molar-refractivity contribution is 0.0978. The quantitative estimate of drug-likeness (QED) is 0.765. The number of H-pyrrole nitrogens is 1. The molecule has 0 unspecified atom stereocenters. The Morgan fingerprint density at radius 1 is 0.833 bits per heavy atom. The van der Waals surface area contributed by atoms with Gasteiger partial charge in [-0.05, 0) is 25.3 Å². The molecule has 1 N–H and O–H groups in total. The minimum Gasteiger partial charge on any atom is -0.328 e. The average Bonchev–Trinajstić information content (AvgIpc) is 2.38. The lowest BCUT2D eigenvalue weighted by atomic mass is 10.0. The standard InChI is InChI=1S/C15H21NO2/c17-14-9-7-5-3-1-2-4-6-8-12-10-13(14)11-16-15(12)18/h10-11H,1-9H2,(H,16,18). The lowest BCUT2D eigenvalue weighted by Crippen LogP contribution is -2.14. The van der Waals surface area contributed by atoms with Gasteiger partial charge in [-0.25, -0.2) is 0 Å². The van der Waals surface area contributed by atoms with Crippen molar-refractivity contribution in [3.05, 3.63) is 33.7 Å². The Balaban J connectivity index is 2.17. The SMILES string of the molecule is O=C1CCCCCCCCCc2cc1c[nH]c2=O. The van der Waals surface area contributed by atoms with Crippen LogP contribution in [0.25, 0.3) is 0 Å². The van der Waals surface area contributed by atoms with E-state index in [-0.39, 0.29) is 11.3 Å². The molecule has 0 aromatic carbocycles. The first-order valence-corrected chi connectivity index (χ1v) is 7.02. The topological polar surface area (TPSA) is 49.9 Å². The average molecular weight is 247 g/mol. The number of carbonyl (C=O) groups excluding carboxylic acids is 1. The number of hydrogen-bond acceptors (Lipinski definition) is 2. The second-order valence-corrected chi connectivity index (χ2v) is 5.14. The van der Waals surface area contributed by atoms with Gasteiger partial charge in [0.25, 0.3) is 5.56 Å². The first-order chi connectivity index (χ1) is 8.77. The molecule has 2 bridgehead atoms. The Bertz CT molecular complexity index is 462. The number of hydrogen-bond donors (Lipinski definition) is 1. The highest BCUT2D eigenvalue weighted by Gasteiger charge is 2.09. The third kappa shape index (κ3) is 3.56. The summed E-state index contributed by atoms with van der Waals surface area (Å²) in [6.07, 6.45) is 11.0. The molecule has 0 saturated carbocycles. The van der Waals surface area contributed by atoms with E-state index in [1.165, 1.54) is 25.7 Å². The highest BCUT2D eigenvalue weighted by molar-refractivity contribution is 5.95. The van der Waals surface area contributed by atoms with Crippen molar-refractivity contribution in [3.63, 3.8) is 0 Å². The number of pyridine rings is 1. The highest BCUT2D eigenvalue weighted by Crippen LogP contribution is 2.14. The summed E-state index contributed by atoms with van der Waals surface area (Å²) in [6.45, 7) is 0. The molecule has 0 aliphatic heterocycles. The van der Waals surface area contributed by atoms with Crippen molar-refractivity contribution in [1.29, 1.82) is 0 Å². The van der Waals surface area contributed by atoms with E-state index >= 15 is 0 Å². The molecular formula is C15H21NO2. The molecule has 1 aromatic heterocycles. The van der Waals surface area contributed by atoms with Gasteiger partial charge in [0, 0.05) is 23.7 Å². The van der Waals surface area contributed by atoms with Gasteiger partial charge < -0.3 is 4.98 Å². The van der Waals surface area contributed by atoms with E-state index < -0.39 is 0 Å². The summed E-state index contributed by atoms with van der Waals surface area (Å²) in [5.74, 6) is 0.159. The van der Waals surface area contributed by atoms with Crippen molar-refractivity contribution in [2.75, 3.05) is 0 Å². The van der Waals surface area contributed by atoms with Crippen LogP contribution in [0.3, 0.4) is 0 Å². The van der Waals surface area contributed by atoms with E-state index in [1.807, 2.05) is 0 Å². The van der Waals surface area contributed by atoms with E-state index in [9.17, 15) is 9.59 Å². The van der Waals surface area contributed by atoms with Crippen molar-refractivity contribution >= 4 is 5.78 Å². The summed E-state index contributed by atoms with van der Waals surface area (Å²) in [7, 11) is 0.